The molecule has 0 saturated carbocycles. The number of piperazine rings is 1. The molecule has 35 heavy (non-hydrogen) atoms. The van der Waals surface area contributed by atoms with E-state index in [2.05, 4.69) is 10.1 Å². The zero-order chi connectivity index (χ0) is 25.2. The number of ether oxygens (including phenoxy) is 1. The third-order valence-electron chi connectivity index (χ3n) is 6.60. The van der Waals surface area contributed by atoms with Gasteiger partial charge < -0.3 is 19.1 Å². The van der Waals surface area contributed by atoms with Gasteiger partial charge in [-0.1, -0.05) is 17.3 Å². The van der Waals surface area contributed by atoms with E-state index in [4.69, 9.17) is 9.26 Å². The molecule has 0 N–H and O–H groups in total. The fraction of sp³-hybridized carbons (Fsp3) is 0.385. The van der Waals surface area contributed by atoms with Gasteiger partial charge in [0, 0.05) is 49.4 Å². The van der Waals surface area contributed by atoms with E-state index >= 15 is 0 Å². The van der Waals surface area contributed by atoms with Gasteiger partial charge in [0.1, 0.15) is 5.75 Å². The average Bonchev–Trinajstić information content (AvgIpc) is 3.21. The summed E-state index contributed by atoms with van der Waals surface area (Å²) in [6.07, 6.45) is -0.0466. The minimum Gasteiger partial charge on any atom is -0.497 e. The summed E-state index contributed by atoms with van der Waals surface area (Å²) < 4.78 is 36.9. The van der Waals surface area contributed by atoms with E-state index in [9.17, 15) is 13.2 Å². The van der Waals surface area contributed by atoms with E-state index in [-0.39, 0.29) is 23.0 Å². The van der Waals surface area contributed by atoms with Gasteiger partial charge in [-0.15, -0.1) is 0 Å². The maximum atomic E-state index is 13.2. The molecule has 1 fully saturated rings. The van der Waals surface area contributed by atoms with Gasteiger partial charge in [-0.25, -0.2) is 8.42 Å². The lowest BCUT2D eigenvalue weighted by Crippen LogP contribution is -2.49. The molecule has 8 nitrogen and oxygen atoms in total. The topological polar surface area (TPSA) is 93.0 Å². The molecule has 1 aliphatic heterocycles. The number of amides is 1. The van der Waals surface area contributed by atoms with Crippen LogP contribution < -0.4 is 9.64 Å². The van der Waals surface area contributed by atoms with Gasteiger partial charge in [-0.05, 0) is 56.7 Å². The zero-order valence-electron chi connectivity index (χ0n) is 20.6. The number of rotatable bonds is 7. The second-order valence-corrected chi connectivity index (χ2v) is 10.9. The predicted molar refractivity (Wildman–Crippen MR) is 135 cm³/mol. The molecule has 0 radical (unpaired) electrons. The van der Waals surface area contributed by atoms with Crippen LogP contribution in [-0.2, 0) is 14.6 Å². The number of methoxy groups -OCH3 is 1. The van der Waals surface area contributed by atoms with Crippen LogP contribution in [0.25, 0.3) is 11.3 Å². The first kappa shape index (κ1) is 24.8. The second-order valence-electron chi connectivity index (χ2n) is 8.84. The first-order chi connectivity index (χ1) is 16.7. The quantitative estimate of drug-likeness (QED) is 0.490. The Labute approximate surface area is 206 Å². The van der Waals surface area contributed by atoms with Gasteiger partial charge in [0.15, 0.2) is 15.6 Å². The first-order valence-electron chi connectivity index (χ1n) is 11.6. The number of benzene rings is 2. The maximum Gasteiger partial charge on any atom is 0.223 e. The molecule has 4 rings (SSSR count). The fourth-order valence-electron chi connectivity index (χ4n) is 4.26. The van der Waals surface area contributed by atoms with Crippen molar-refractivity contribution >= 4 is 21.4 Å². The van der Waals surface area contributed by atoms with E-state index in [1.807, 2.05) is 44.2 Å². The lowest BCUT2D eigenvalue weighted by molar-refractivity contribution is -0.131. The molecular weight excluding hydrogens is 466 g/mol. The summed E-state index contributed by atoms with van der Waals surface area (Å²) in [5.74, 6) is 0.988. The maximum absolute atomic E-state index is 13.2. The molecule has 1 saturated heterocycles. The standard InChI is InChI=1S/C26H31N3O5S/c1-18-5-6-21(26-19(2)20(3)27-34-26)17-24(18)35(31,32)16-11-25(30)29-14-12-28(13-15-29)22-7-9-23(33-4)10-8-22/h5-10,17H,11-16H2,1-4H3. The molecule has 1 aliphatic rings. The molecule has 0 atom stereocenters. The highest BCUT2D eigenvalue weighted by Crippen LogP contribution is 2.29. The fourth-order valence-corrected chi connectivity index (χ4v) is 5.79. The van der Waals surface area contributed by atoms with Crippen molar-refractivity contribution in [2.24, 2.45) is 0 Å². The van der Waals surface area contributed by atoms with Crippen LogP contribution >= 0.6 is 0 Å². The summed E-state index contributed by atoms with van der Waals surface area (Å²) in [6.45, 7) is 8.01. The number of hydrogen-bond acceptors (Lipinski definition) is 7. The number of sulfone groups is 1. The van der Waals surface area contributed by atoms with E-state index in [1.165, 1.54) is 0 Å². The van der Waals surface area contributed by atoms with Crippen molar-refractivity contribution in [3.8, 4) is 17.1 Å². The van der Waals surface area contributed by atoms with E-state index in [1.54, 1.807) is 31.1 Å². The Morgan fingerprint density at radius 3 is 2.31 bits per heavy atom. The number of carbonyl (C=O) groups excluding carboxylic acids is 1. The van der Waals surface area contributed by atoms with Gasteiger partial charge in [0.25, 0.3) is 0 Å². The van der Waals surface area contributed by atoms with Crippen molar-refractivity contribution in [1.82, 2.24) is 10.1 Å². The third-order valence-corrected chi connectivity index (χ3v) is 8.45. The summed E-state index contributed by atoms with van der Waals surface area (Å²) in [7, 11) is -2.02. The van der Waals surface area contributed by atoms with Crippen molar-refractivity contribution in [2.75, 3.05) is 43.9 Å². The summed E-state index contributed by atoms with van der Waals surface area (Å²) in [4.78, 5) is 17.0. The first-order valence-corrected chi connectivity index (χ1v) is 13.3. The van der Waals surface area contributed by atoms with E-state index < -0.39 is 9.84 Å². The Morgan fingerprint density at radius 1 is 1.03 bits per heavy atom. The van der Waals surface area contributed by atoms with Crippen LogP contribution in [-0.4, -0.2) is 63.4 Å². The van der Waals surface area contributed by atoms with Crippen LogP contribution in [0.5, 0.6) is 5.75 Å². The Hall–Kier alpha value is -3.33. The number of carbonyl (C=O) groups is 1. The van der Waals surface area contributed by atoms with Gasteiger partial charge in [-0.2, -0.15) is 0 Å². The minimum absolute atomic E-state index is 0.0466. The highest BCUT2D eigenvalue weighted by atomic mass is 32.2. The SMILES string of the molecule is COc1ccc(N2CCN(C(=O)CCS(=O)(=O)c3cc(-c4onc(C)c4C)ccc3C)CC2)cc1. The summed E-state index contributed by atoms with van der Waals surface area (Å²) in [6, 6.07) is 13.0. The Balaban J connectivity index is 1.38. The largest absolute Gasteiger partial charge is 0.497 e. The normalized spacial score (nSPS) is 14.3. The van der Waals surface area contributed by atoms with Crippen LogP contribution in [0, 0.1) is 20.8 Å². The van der Waals surface area contributed by atoms with Crippen molar-refractivity contribution in [1.29, 1.82) is 0 Å². The van der Waals surface area contributed by atoms with Crippen LogP contribution in [0.15, 0.2) is 51.9 Å². The number of aryl methyl sites for hydroxylation is 2. The Bertz CT molecular complexity index is 1310. The third kappa shape index (κ3) is 5.35. The van der Waals surface area contributed by atoms with Crippen LogP contribution in [0.2, 0.25) is 0 Å². The summed E-state index contributed by atoms with van der Waals surface area (Å²) >= 11 is 0. The van der Waals surface area contributed by atoms with E-state index in [0.717, 1.165) is 22.7 Å². The second kappa shape index (κ2) is 10.1. The zero-order valence-corrected chi connectivity index (χ0v) is 21.4. The van der Waals surface area contributed by atoms with Gasteiger partial charge >= 0.3 is 0 Å². The Kier molecular flexibility index (Phi) is 7.16. The van der Waals surface area contributed by atoms with Crippen LogP contribution in [0.4, 0.5) is 5.69 Å². The number of anilines is 1. The highest BCUT2D eigenvalue weighted by Gasteiger charge is 2.25. The summed E-state index contributed by atoms with van der Waals surface area (Å²) in [5.41, 5.74) is 4.02. The number of aromatic nitrogens is 1. The molecule has 9 heteroatoms. The van der Waals surface area contributed by atoms with Crippen LogP contribution in [0.1, 0.15) is 23.2 Å². The molecule has 1 aromatic heterocycles. The molecule has 0 bridgehead atoms. The lowest BCUT2D eigenvalue weighted by Gasteiger charge is -2.36. The van der Waals surface area contributed by atoms with Crippen molar-refractivity contribution in [3.05, 3.63) is 59.3 Å². The molecule has 186 valence electrons. The lowest BCUT2D eigenvalue weighted by atomic mass is 10.1. The van der Waals surface area contributed by atoms with Crippen molar-refractivity contribution in [2.45, 2.75) is 32.1 Å². The van der Waals surface area contributed by atoms with Gasteiger partial charge in [0.2, 0.25) is 5.91 Å². The molecule has 0 unspecified atom stereocenters. The summed E-state index contributed by atoms with van der Waals surface area (Å²) in [5, 5.41) is 3.97. The van der Waals surface area contributed by atoms with Gasteiger partial charge in [0.05, 0.1) is 23.5 Å². The van der Waals surface area contributed by atoms with Crippen molar-refractivity contribution < 1.29 is 22.5 Å². The minimum atomic E-state index is -3.65. The molecule has 0 spiro atoms. The average molecular weight is 498 g/mol. The van der Waals surface area contributed by atoms with E-state index in [0.29, 0.717) is 43.1 Å². The molecular formula is C26H31N3O5S. The molecule has 0 aliphatic carbocycles. The molecule has 1 amide bonds. The highest BCUT2D eigenvalue weighted by molar-refractivity contribution is 7.91. The van der Waals surface area contributed by atoms with Gasteiger partial charge in [-0.3, -0.25) is 4.79 Å². The van der Waals surface area contributed by atoms with Crippen LogP contribution in [0.3, 0.4) is 0 Å². The Morgan fingerprint density at radius 2 is 1.71 bits per heavy atom. The van der Waals surface area contributed by atoms with Crippen molar-refractivity contribution in [3.63, 3.8) is 0 Å². The monoisotopic (exact) mass is 497 g/mol. The number of hydrogen-bond donors (Lipinski definition) is 0. The number of nitrogens with zero attached hydrogens (tertiary/aromatic N) is 3. The molecule has 3 aromatic rings. The smallest absolute Gasteiger partial charge is 0.223 e. The molecule has 2 aromatic carbocycles. The predicted octanol–water partition coefficient (Wildman–Crippen LogP) is 3.79. The molecule has 2 heterocycles.